The molecule has 2 heterocycles. The van der Waals surface area contributed by atoms with Gasteiger partial charge in [-0.1, -0.05) is 6.07 Å². The van der Waals surface area contributed by atoms with Gasteiger partial charge in [0.15, 0.2) is 0 Å². The highest BCUT2D eigenvalue weighted by molar-refractivity contribution is 6.00. The van der Waals surface area contributed by atoms with Gasteiger partial charge < -0.3 is 19.9 Å². The van der Waals surface area contributed by atoms with Gasteiger partial charge in [-0.25, -0.2) is 4.79 Å². The van der Waals surface area contributed by atoms with Crippen molar-refractivity contribution in [2.24, 2.45) is 7.05 Å². The first-order chi connectivity index (χ1) is 15.8. The van der Waals surface area contributed by atoms with E-state index in [1.54, 1.807) is 37.1 Å². The molecule has 0 aliphatic rings. The molecule has 2 aromatic heterocycles. The molecule has 4 aromatic rings. The zero-order chi connectivity index (χ0) is 23.7. The Balaban J connectivity index is 1.65. The van der Waals surface area contributed by atoms with E-state index in [0.29, 0.717) is 16.9 Å². The number of fused-ring (bicyclic) bond motifs is 1. The molecule has 7 nitrogen and oxygen atoms in total. The van der Waals surface area contributed by atoms with Crippen LogP contribution in [0.25, 0.3) is 22.0 Å². The highest BCUT2D eigenvalue weighted by Gasteiger charge is 2.13. The number of carbonyl (C=O) groups excluding carboxylic acids is 1. The molecule has 2 amide bonds. The van der Waals surface area contributed by atoms with Gasteiger partial charge in [0.2, 0.25) is 0 Å². The first-order valence-corrected chi connectivity index (χ1v) is 10.6. The predicted molar refractivity (Wildman–Crippen MR) is 132 cm³/mol. The normalized spacial score (nSPS) is 10.8. The first-order valence-electron chi connectivity index (χ1n) is 10.6. The van der Waals surface area contributed by atoms with Crippen molar-refractivity contribution < 1.29 is 9.53 Å². The molecule has 0 unspecified atom stereocenters. The number of pyridine rings is 2. The Morgan fingerprint density at radius 2 is 1.73 bits per heavy atom. The van der Waals surface area contributed by atoms with E-state index < -0.39 is 0 Å². The molecule has 0 aliphatic heterocycles. The van der Waals surface area contributed by atoms with Crippen LogP contribution in [-0.2, 0) is 7.05 Å². The van der Waals surface area contributed by atoms with Gasteiger partial charge in [-0.2, -0.15) is 0 Å². The monoisotopic (exact) mass is 442 g/mol. The van der Waals surface area contributed by atoms with Crippen LogP contribution in [0, 0.1) is 20.8 Å². The number of carbonyl (C=O) groups is 1. The summed E-state index contributed by atoms with van der Waals surface area (Å²) < 4.78 is 6.85. The van der Waals surface area contributed by atoms with Crippen molar-refractivity contribution in [2.75, 3.05) is 17.7 Å². The maximum absolute atomic E-state index is 13.1. The third-order valence-corrected chi connectivity index (χ3v) is 5.71. The van der Waals surface area contributed by atoms with Crippen molar-refractivity contribution in [3.8, 4) is 16.9 Å². The molecular formula is C26H26N4O3. The number of benzene rings is 2. The van der Waals surface area contributed by atoms with Gasteiger partial charge in [0.1, 0.15) is 5.75 Å². The van der Waals surface area contributed by atoms with Gasteiger partial charge in [-0.05, 0) is 79.9 Å². The van der Waals surface area contributed by atoms with Crippen LogP contribution in [0.1, 0.15) is 16.8 Å². The van der Waals surface area contributed by atoms with Gasteiger partial charge >= 0.3 is 6.03 Å². The summed E-state index contributed by atoms with van der Waals surface area (Å²) in [7, 11) is 3.36. The summed E-state index contributed by atoms with van der Waals surface area (Å²) in [6.07, 6.45) is 1.77. The molecule has 0 aliphatic carbocycles. The SMILES string of the molecule is COc1ccc(NC(=O)Nc2ccc(C)c(-c3cc4cnc(C)cc4n(C)c3=O)c2)c(C)c1. The molecule has 7 heteroatoms. The lowest BCUT2D eigenvalue weighted by Crippen LogP contribution is -2.21. The van der Waals surface area contributed by atoms with E-state index in [2.05, 4.69) is 15.6 Å². The minimum atomic E-state index is -0.371. The number of hydrogen-bond acceptors (Lipinski definition) is 4. The zero-order valence-electron chi connectivity index (χ0n) is 19.3. The molecule has 2 N–H and O–H groups in total. The Labute approximate surface area is 192 Å². The largest absolute Gasteiger partial charge is 0.497 e. The number of ether oxygens (including phenoxy) is 1. The van der Waals surface area contributed by atoms with Crippen molar-refractivity contribution in [3.05, 3.63) is 81.9 Å². The molecule has 2 aromatic carbocycles. The lowest BCUT2D eigenvalue weighted by Gasteiger charge is -2.14. The summed E-state index contributed by atoms with van der Waals surface area (Å²) in [5.74, 6) is 0.726. The zero-order valence-corrected chi connectivity index (χ0v) is 19.3. The molecule has 0 fully saturated rings. The fraction of sp³-hybridized carbons (Fsp3) is 0.192. The minimum absolute atomic E-state index is 0.105. The second-order valence-electron chi connectivity index (χ2n) is 8.10. The van der Waals surface area contributed by atoms with E-state index in [0.717, 1.165) is 39.0 Å². The minimum Gasteiger partial charge on any atom is -0.497 e. The van der Waals surface area contributed by atoms with Gasteiger partial charge in [0.25, 0.3) is 5.56 Å². The van der Waals surface area contributed by atoms with Gasteiger partial charge in [0.05, 0.1) is 12.6 Å². The van der Waals surface area contributed by atoms with E-state index in [4.69, 9.17) is 4.74 Å². The number of hydrogen-bond donors (Lipinski definition) is 2. The average molecular weight is 443 g/mol. The number of nitrogens with zero attached hydrogens (tertiary/aromatic N) is 2. The Bertz CT molecular complexity index is 1440. The maximum atomic E-state index is 13.1. The van der Waals surface area contributed by atoms with Crippen LogP contribution in [-0.4, -0.2) is 22.7 Å². The summed E-state index contributed by atoms with van der Waals surface area (Å²) in [4.78, 5) is 30.1. The first kappa shape index (κ1) is 22.1. The van der Waals surface area contributed by atoms with Crippen LogP contribution in [0.3, 0.4) is 0 Å². The molecule has 0 spiro atoms. The van der Waals surface area contributed by atoms with Gasteiger partial charge in [0, 0.05) is 41.3 Å². The number of amides is 2. The number of aromatic nitrogens is 2. The molecule has 168 valence electrons. The van der Waals surface area contributed by atoms with E-state index in [1.807, 2.05) is 57.2 Å². The Morgan fingerprint density at radius 1 is 0.939 bits per heavy atom. The van der Waals surface area contributed by atoms with E-state index in [-0.39, 0.29) is 11.6 Å². The van der Waals surface area contributed by atoms with Gasteiger partial charge in [-0.15, -0.1) is 0 Å². The number of methoxy groups -OCH3 is 1. The summed E-state index contributed by atoms with van der Waals surface area (Å²) in [6, 6.07) is 14.3. The molecular weight excluding hydrogens is 416 g/mol. The number of urea groups is 1. The molecule has 0 saturated carbocycles. The van der Waals surface area contributed by atoms with Crippen molar-refractivity contribution in [3.63, 3.8) is 0 Å². The number of nitrogens with one attached hydrogen (secondary N) is 2. The molecule has 4 rings (SSSR count). The molecule has 0 bridgehead atoms. The van der Waals surface area contributed by atoms with E-state index >= 15 is 0 Å². The molecule has 33 heavy (non-hydrogen) atoms. The van der Waals surface area contributed by atoms with Crippen LogP contribution in [0.5, 0.6) is 5.75 Å². The topological polar surface area (TPSA) is 85.2 Å². The van der Waals surface area contributed by atoms with Crippen LogP contribution in [0.4, 0.5) is 16.2 Å². The number of anilines is 2. The fourth-order valence-corrected chi connectivity index (χ4v) is 3.84. The molecule has 0 radical (unpaired) electrons. The highest BCUT2D eigenvalue weighted by atomic mass is 16.5. The van der Waals surface area contributed by atoms with Gasteiger partial charge in [-0.3, -0.25) is 9.78 Å². The predicted octanol–water partition coefficient (Wildman–Crippen LogP) is 5.18. The van der Waals surface area contributed by atoms with E-state index in [1.165, 1.54) is 0 Å². The summed E-state index contributed by atoms with van der Waals surface area (Å²) in [5.41, 5.74) is 5.99. The fourth-order valence-electron chi connectivity index (χ4n) is 3.84. The van der Waals surface area contributed by atoms with Crippen molar-refractivity contribution in [1.82, 2.24) is 9.55 Å². The smallest absolute Gasteiger partial charge is 0.323 e. The summed E-state index contributed by atoms with van der Waals surface area (Å²) in [5, 5.41) is 6.59. The van der Waals surface area contributed by atoms with Crippen LogP contribution in [0.2, 0.25) is 0 Å². The lowest BCUT2D eigenvalue weighted by molar-refractivity contribution is 0.262. The van der Waals surface area contributed by atoms with Crippen LogP contribution >= 0.6 is 0 Å². The summed E-state index contributed by atoms with van der Waals surface area (Å²) >= 11 is 0. The second kappa shape index (κ2) is 8.78. The third-order valence-electron chi connectivity index (χ3n) is 5.71. The molecule has 0 atom stereocenters. The number of rotatable bonds is 4. The van der Waals surface area contributed by atoms with Crippen LogP contribution < -0.4 is 20.9 Å². The van der Waals surface area contributed by atoms with Crippen LogP contribution in [0.15, 0.2) is 59.5 Å². The Hall–Kier alpha value is -4.13. The summed E-state index contributed by atoms with van der Waals surface area (Å²) in [6.45, 7) is 5.74. The number of aryl methyl sites for hydroxylation is 4. The van der Waals surface area contributed by atoms with Crippen molar-refractivity contribution in [1.29, 1.82) is 0 Å². The molecule has 0 saturated heterocycles. The second-order valence-corrected chi connectivity index (χ2v) is 8.10. The van der Waals surface area contributed by atoms with Crippen molar-refractivity contribution in [2.45, 2.75) is 20.8 Å². The Kier molecular flexibility index (Phi) is 5.87. The Morgan fingerprint density at radius 3 is 2.45 bits per heavy atom. The quantitative estimate of drug-likeness (QED) is 0.456. The lowest BCUT2D eigenvalue weighted by atomic mass is 9.99. The standard InChI is InChI=1S/C26H26N4O3/c1-15-6-7-19(28-26(32)29-23-9-8-20(33-5)10-16(23)2)13-21(15)22-12-18-14-27-17(3)11-24(18)30(4)25(22)31/h6-14H,1-5H3,(H2,28,29,32). The average Bonchev–Trinajstić information content (AvgIpc) is 2.79. The van der Waals surface area contributed by atoms with Crippen molar-refractivity contribution >= 4 is 28.3 Å². The highest BCUT2D eigenvalue weighted by Crippen LogP contribution is 2.27. The third kappa shape index (κ3) is 4.43. The maximum Gasteiger partial charge on any atom is 0.323 e. The van der Waals surface area contributed by atoms with E-state index in [9.17, 15) is 9.59 Å².